The second-order valence-electron chi connectivity index (χ2n) is 3.98. The number of carboxylic acids is 1. The molecule has 1 aromatic rings. The van der Waals surface area contributed by atoms with E-state index in [1.54, 1.807) is 13.8 Å². The molecule has 98 valence electrons. The molecule has 0 saturated heterocycles. The Hall–Kier alpha value is -1.70. The van der Waals surface area contributed by atoms with Crippen LogP contribution in [0.2, 0.25) is 0 Å². The van der Waals surface area contributed by atoms with Gasteiger partial charge in [0.15, 0.2) is 0 Å². The maximum atomic E-state index is 11.1. The van der Waals surface area contributed by atoms with Crippen LogP contribution in [0, 0.1) is 16.0 Å². The lowest BCUT2D eigenvalue weighted by Gasteiger charge is -2.19. The van der Waals surface area contributed by atoms with Gasteiger partial charge in [0.05, 0.1) is 9.40 Å². The van der Waals surface area contributed by atoms with Crippen LogP contribution in [0.5, 0.6) is 0 Å². The third kappa shape index (κ3) is 3.16. The van der Waals surface area contributed by atoms with E-state index in [0.717, 1.165) is 6.20 Å². The lowest BCUT2D eigenvalue weighted by atomic mass is 10.0. The van der Waals surface area contributed by atoms with Crippen LogP contribution in [0.3, 0.4) is 0 Å². The van der Waals surface area contributed by atoms with Gasteiger partial charge in [0.2, 0.25) is 0 Å². The van der Waals surface area contributed by atoms with Crippen molar-refractivity contribution in [3.8, 4) is 0 Å². The van der Waals surface area contributed by atoms with E-state index in [9.17, 15) is 14.9 Å². The highest BCUT2D eigenvalue weighted by molar-refractivity contribution is 9.10. The lowest BCUT2D eigenvalue weighted by molar-refractivity contribution is -0.384. The fraction of sp³-hybridized carbons (Fsp3) is 0.400. The summed E-state index contributed by atoms with van der Waals surface area (Å²) in [5.41, 5.74) is -0.146. The van der Waals surface area contributed by atoms with Gasteiger partial charge in [0.1, 0.15) is 17.9 Å². The lowest BCUT2D eigenvalue weighted by Crippen LogP contribution is -2.34. The second-order valence-corrected chi connectivity index (χ2v) is 4.83. The molecular formula is C10H12BrN3O4. The van der Waals surface area contributed by atoms with E-state index in [1.165, 1.54) is 6.20 Å². The molecule has 0 spiro atoms. The third-order valence-electron chi connectivity index (χ3n) is 2.31. The van der Waals surface area contributed by atoms with Crippen LogP contribution in [0.25, 0.3) is 0 Å². The molecule has 0 aromatic carbocycles. The molecule has 0 bridgehead atoms. The minimum absolute atomic E-state index is 0.121. The van der Waals surface area contributed by atoms with Crippen molar-refractivity contribution >= 4 is 33.3 Å². The van der Waals surface area contributed by atoms with Gasteiger partial charge >= 0.3 is 11.7 Å². The molecule has 0 aliphatic heterocycles. The first-order valence-corrected chi connectivity index (χ1v) is 5.91. The number of nitro groups is 1. The topological polar surface area (TPSA) is 105 Å². The summed E-state index contributed by atoms with van der Waals surface area (Å²) >= 11 is 3.12. The first-order valence-electron chi connectivity index (χ1n) is 5.11. The maximum Gasteiger partial charge on any atom is 0.326 e. The van der Waals surface area contributed by atoms with Gasteiger partial charge < -0.3 is 10.4 Å². The number of carbonyl (C=O) groups is 1. The van der Waals surface area contributed by atoms with Crippen LogP contribution in [-0.2, 0) is 4.79 Å². The number of pyridine rings is 1. The fourth-order valence-electron chi connectivity index (χ4n) is 1.38. The summed E-state index contributed by atoms with van der Waals surface area (Å²) in [5, 5.41) is 22.6. The van der Waals surface area contributed by atoms with Crippen LogP contribution in [0.1, 0.15) is 13.8 Å². The monoisotopic (exact) mass is 317 g/mol. The SMILES string of the molecule is CC(C)C(Nc1c(Br)cncc1[N+](=O)[O-])C(=O)O. The van der Waals surface area contributed by atoms with Crippen molar-refractivity contribution in [3.05, 3.63) is 27.0 Å². The van der Waals surface area contributed by atoms with Gasteiger partial charge in [0.25, 0.3) is 0 Å². The number of aliphatic carboxylic acids is 1. The average molecular weight is 318 g/mol. The van der Waals surface area contributed by atoms with Gasteiger partial charge in [-0.3, -0.25) is 15.1 Å². The summed E-state index contributed by atoms with van der Waals surface area (Å²) in [6.07, 6.45) is 2.45. The molecule has 0 saturated carbocycles. The molecule has 0 aliphatic rings. The molecule has 0 aliphatic carbocycles. The van der Waals surface area contributed by atoms with Crippen molar-refractivity contribution in [2.75, 3.05) is 5.32 Å². The number of halogens is 1. The Labute approximate surface area is 112 Å². The van der Waals surface area contributed by atoms with Crippen LogP contribution < -0.4 is 5.32 Å². The Morgan fingerprint density at radius 3 is 2.61 bits per heavy atom. The van der Waals surface area contributed by atoms with Gasteiger partial charge in [-0.1, -0.05) is 13.8 Å². The van der Waals surface area contributed by atoms with E-state index in [-0.39, 0.29) is 17.3 Å². The number of aromatic nitrogens is 1. The van der Waals surface area contributed by atoms with Gasteiger partial charge in [-0.25, -0.2) is 4.79 Å². The standard InChI is InChI=1S/C10H12BrN3O4/c1-5(2)8(10(15)16)13-9-6(11)3-12-4-7(9)14(17)18/h3-5,8H,1-2H3,(H,12,13)(H,15,16). The highest BCUT2D eigenvalue weighted by atomic mass is 79.9. The van der Waals surface area contributed by atoms with Crippen molar-refractivity contribution in [2.45, 2.75) is 19.9 Å². The highest BCUT2D eigenvalue weighted by Crippen LogP contribution is 2.32. The molecule has 7 nitrogen and oxygen atoms in total. The van der Waals surface area contributed by atoms with E-state index in [2.05, 4.69) is 26.2 Å². The molecule has 0 amide bonds. The molecule has 18 heavy (non-hydrogen) atoms. The maximum absolute atomic E-state index is 11.1. The highest BCUT2D eigenvalue weighted by Gasteiger charge is 2.26. The van der Waals surface area contributed by atoms with Crippen LogP contribution in [0.4, 0.5) is 11.4 Å². The Morgan fingerprint density at radius 2 is 2.17 bits per heavy atom. The summed E-state index contributed by atoms with van der Waals surface area (Å²) in [5.74, 6) is -1.29. The molecule has 8 heteroatoms. The molecule has 0 fully saturated rings. The number of anilines is 1. The molecule has 1 unspecified atom stereocenters. The predicted molar refractivity (Wildman–Crippen MR) is 68.5 cm³/mol. The van der Waals surface area contributed by atoms with Gasteiger partial charge in [-0.05, 0) is 21.8 Å². The Balaban J connectivity index is 3.16. The first kappa shape index (κ1) is 14.4. The first-order chi connectivity index (χ1) is 8.34. The Morgan fingerprint density at radius 1 is 1.56 bits per heavy atom. The normalized spacial score (nSPS) is 12.2. The van der Waals surface area contributed by atoms with Gasteiger partial charge in [-0.2, -0.15) is 0 Å². The van der Waals surface area contributed by atoms with E-state index < -0.39 is 16.9 Å². The molecule has 1 heterocycles. The smallest absolute Gasteiger partial charge is 0.326 e. The third-order valence-corrected chi connectivity index (χ3v) is 2.91. The number of nitrogens with one attached hydrogen (secondary N) is 1. The Bertz CT molecular complexity index is 478. The zero-order chi connectivity index (χ0) is 13.9. The number of carboxylic acid groups (broad SMARTS) is 1. The molecule has 0 radical (unpaired) electrons. The van der Waals surface area contributed by atoms with Gasteiger partial charge in [0, 0.05) is 6.20 Å². The van der Waals surface area contributed by atoms with Crippen molar-refractivity contribution in [1.29, 1.82) is 0 Å². The van der Waals surface area contributed by atoms with Crippen molar-refractivity contribution in [2.24, 2.45) is 5.92 Å². The van der Waals surface area contributed by atoms with E-state index in [1.807, 2.05) is 0 Å². The number of hydrogen-bond acceptors (Lipinski definition) is 5. The molecule has 1 atom stereocenters. The summed E-state index contributed by atoms with van der Waals surface area (Å²) in [4.78, 5) is 25.0. The molecule has 1 rings (SSSR count). The summed E-state index contributed by atoms with van der Waals surface area (Å²) in [6, 6.07) is -0.914. The quantitative estimate of drug-likeness (QED) is 0.637. The number of nitrogens with zero attached hydrogens (tertiary/aromatic N) is 2. The minimum atomic E-state index is -1.07. The van der Waals surface area contributed by atoms with Crippen molar-refractivity contribution < 1.29 is 14.8 Å². The molecule has 1 aromatic heterocycles. The van der Waals surface area contributed by atoms with E-state index in [0.29, 0.717) is 4.47 Å². The average Bonchev–Trinajstić information content (AvgIpc) is 2.25. The molecular weight excluding hydrogens is 306 g/mol. The van der Waals surface area contributed by atoms with Crippen molar-refractivity contribution in [3.63, 3.8) is 0 Å². The van der Waals surface area contributed by atoms with Crippen molar-refractivity contribution in [1.82, 2.24) is 4.98 Å². The number of hydrogen-bond donors (Lipinski definition) is 2. The largest absolute Gasteiger partial charge is 0.480 e. The second kappa shape index (κ2) is 5.76. The zero-order valence-corrected chi connectivity index (χ0v) is 11.3. The van der Waals surface area contributed by atoms with Crippen LogP contribution in [-0.4, -0.2) is 27.0 Å². The predicted octanol–water partition coefficient (Wildman–Crippen LogP) is 2.27. The summed E-state index contributed by atoms with van der Waals surface area (Å²) in [7, 11) is 0. The Kier molecular flexibility index (Phi) is 4.60. The summed E-state index contributed by atoms with van der Waals surface area (Å²) in [6.45, 7) is 3.43. The van der Waals surface area contributed by atoms with Crippen LogP contribution >= 0.6 is 15.9 Å². The summed E-state index contributed by atoms with van der Waals surface area (Å²) < 4.78 is 0.351. The van der Waals surface area contributed by atoms with E-state index in [4.69, 9.17) is 5.11 Å². The van der Waals surface area contributed by atoms with Crippen LogP contribution in [0.15, 0.2) is 16.9 Å². The zero-order valence-electron chi connectivity index (χ0n) is 9.75. The fourth-order valence-corrected chi connectivity index (χ4v) is 1.81. The van der Waals surface area contributed by atoms with Gasteiger partial charge in [-0.15, -0.1) is 0 Å². The number of rotatable bonds is 5. The molecule has 2 N–H and O–H groups in total. The van der Waals surface area contributed by atoms with E-state index >= 15 is 0 Å². The minimum Gasteiger partial charge on any atom is -0.480 e.